The highest BCUT2D eigenvalue weighted by molar-refractivity contribution is 4.75. The minimum Gasteiger partial charge on any atom is -0.0917 e. The Kier molecular flexibility index (Phi) is 149. The lowest BCUT2D eigenvalue weighted by molar-refractivity contribution is 0.814. The minimum absolute atomic E-state index is 0. The predicted octanol–water partition coefficient (Wildman–Crippen LogP) is 8.69. The molecule has 0 nitrogen and oxygen atoms in total. The van der Waals surface area contributed by atoms with Gasteiger partial charge in [-0.25, -0.2) is 0 Å². The van der Waals surface area contributed by atoms with Gasteiger partial charge < -0.3 is 0 Å². The van der Waals surface area contributed by atoms with Crippen molar-refractivity contribution in [1.82, 2.24) is 0 Å². The smallest absolute Gasteiger partial charge is 0.0351 e. The lowest BCUT2D eigenvalue weighted by atomic mass is 10.2. The van der Waals surface area contributed by atoms with Gasteiger partial charge in [0.1, 0.15) is 0 Å². The molecule has 0 spiro atoms. The standard InChI is InChI=1S/C7H14.C6H12.C2H6.4CH4/c1-3-5-7-6-4-2;1-3-5-6-4-2;1-2;;;;/h3,5H,4,6-7H2,1-2H3;3,5H,4,6H2,1-2H3;1-2H3;4*1H4. The maximum Gasteiger partial charge on any atom is -0.0351 e. The summed E-state index contributed by atoms with van der Waals surface area (Å²) < 4.78 is 0. The van der Waals surface area contributed by atoms with Gasteiger partial charge >= 0.3 is 0 Å². The average molecular weight is 277 g/mol. The van der Waals surface area contributed by atoms with Crippen molar-refractivity contribution in [3.05, 3.63) is 24.3 Å². The maximum absolute atomic E-state index is 2.21. The molecular weight excluding hydrogens is 228 g/mol. The lowest BCUT2D eigenvalue weighted by Crippen LogP contribution is -1.63. The third-order valence-corrected chi connectivity index (χ3v) is 1.65. The van der Waals surface area contributed by atoms with Gasteiger partial charge in [-0.1, -0.05) is 101 Å². The van der Waals surface area contributed by atoms with Gasteiger partial charge in [0.2, 0.25) is 0 Å². The molecule has 0 aliphatic carbocycles. The maximum atomic E-state index is 2.21. The van der Waals surface area contributed by atoms with Crippen molar-refractivity contribution >= 4 is 0 Å². The first-order valence-electron chi connectivity index (χ1n) is 6.55. The molecule has 0 saturated heterocycles. The predicted molar refractivity (Wildman–Crippen MR) is 102 cm³/mol. The molecule has 0 aromatic heterocycles. The van der Waals surface area contributed by atoms with E-state index in [-0.39, 0.29) is 29.7 Å². The van der Waals surface area contributed by atoms with E-state index in [0.29, 0.717) is 0 Å². The second kappa shape index (κ2) is 66.0. The van der Waals surface area contributed by atoms with Crippen molar-refractivity contribution in [3.8, 4) is 0 Å². The second-order valence-corrected chi connectivity index (χ2v) is 3.07. The third-order valence-electron chi connectivity index (χ3n) is 1.65. The Morgan fingerprint density at radius 1 is 0.632 bits per heavy atom. The van der Waals surface area contributed by atoms with Crippen LogP contribution in [-0.2, 0) is 0 Å². The van der Waals surface area contributed by atoms with Crippen LogP contribution in [0.3, 0.4) is 0 Å². The molecule has 0 bridgehead atoms. The summed E-state index contributed by atoms with van der Waals surface area (Å²) in [5, 5.41) is 0. The summed E-state index contributed by atoms with van der Waals surface area (Å²) in [7, 11) is 0. The zero-order valence-corrected chi connectivity index (χ0v) is 11.8. The van der Waals surface area contributed by atoms with Crippen LogP contribution in [0, 0.1) is 0 Å². The molecule has 19 heavy (non-hydrogen) atoms. The molecule has 0 amide bonds. The molecule has 0 aliphatic rings. The van der Waals surface area contributed by atoms with E-state index in [2.05, 4.69) is 52.0 Å². The molecule has 0 unspecified atom stereocenters. The summed E-state index contributed by atoms with van der Waals surface area (Å²) in [5.41, 5.74) is 0. The minimum atomic E-state index is 0. The third kappa shape index (κ3) is 99.8. The molecule has 0 heteroatoms. The topological polar surface area (TPSA) is 0 Å². The quantitative estimate of drug-likeness (QED) is 0.348. The fourth-order valence-corrected chi connectivity index (χ4v) is 0.822. The molecule has 0 aromatic carbocycles. The van der Waals surface area contributed by atoms with Crippen molar-refractivity contribution in [2.45, 2.75) is 103 Å². The summed E-state index contributed by atoms with van der Waals surface area (Å²) in [5.74, 6) is 0. The van der Waals surface area contributed by atoms with Crippen molar-refractivity contribution in [1.29, 1.82) is 0 Å². The van der Waals surface area contributed by atoms with E-state index >= 15 is 0 Å². The van der Waals surface area contributed by atoms with Crippen molar-refractivity contribution < 1.29 is 0 Å². The molecule has 0 N–H and O–H groups in total. The average Bonchev–Trinajstić information content (AvgIpc) is 2.31. The van der Waals surface area contributed by atoms with E-state index in [4.69, 9.17) is 0 Å². The molecule has 0 aliphatic heterocycles. The largest absolute Gasteiger partial charge is 0.0917 e. The van der Waals surface area contributed by atoms with E-state index < -0.39 is 0 Å². The second-order valence-electron chi connectivity index (χ2n) is 3.07. The highest BCUT2D eigenvalue weighted by atomic mass is 13.8. The molecule has 0 fully saturated rings. The number of allylic oxidation sites excluding steroid dienone is 4. The number of hydrogen-bond acceptors (Lipinski definition) is 0. The fraction of sp³-hybridized carbons (Fsp3) is 0.789. The van der Waals surface area contributed by atoms with Crippen LogP contribution >= 0.6 is 0 Å². The van der Waals surface area contributed by atoms with E-state index in [1.165, 1.54) is 32.1 Å². The van der Waals surface area contributed by atoms with Crippen LogP contribution < -0.4 is 0 Å². The number of rotatable bonds is 5. The first-order chi connectivity index (χ1) is 7.33. The van der Waals surface area contributed by atoms with Gasteiger partial charge in [0.25, 0.3) is 0 Å². The molecule has 0 rings (SSSR count). The van der Waals surface area contributed by atoms with E-state index in [1.54, 1.807) is 0 Å². The lowest BCUT2D eigenvalue weighted by Gasteiger charge is -1.83. The van der Waals surface area contributed by atoms with Crippen LogP contribution in [0.2, 0.25) is 0 Å². The van der Waals surface area contributed by atoms with Gasteiger partial charge in [-0.15, -0.1) is 0 Å². The number of unbranched alkanes of at least 4 members (excludes halogenated alkanes) is 3. The van der Waals surface area contributed by atoms with E-state index in [1.807, 2.05) is 13.8 Å². The Morgan fingerprint density at radius 2 is 1.00 bits per heavy atom. The van der Waals surface area contributed by atoms with Crippen LogP contribution in [0.5, 0.6) is 0 Å². The number of hydrogen-bond donors (Lipinski definition) is 0. The van der Waals surface area contributed by atoms with Crippen LogP contribution in [0.4, 0.5) is 0 Å². The Labute approximate surface area is 128 Å². The monoisotopic (exact) mass is 276 g/mol. The molecule has 0 atom stereocenters. The Hall–Kier alpha value is -0.520. The first-order valence-corrected chi connectivity index (χ1v) is 6.55. The summed E-state index contributed by atoms with van der Waals surface area (Å²) in [6.07, 6.45) is 15.0. The normalized spacial score (nSPS) is 7.47. The molecule has 0 saturated carbocycles. The molecule has 0 radical (unpaired) electrons. The van der Waals surface area contributed by atoms with Crippen LogP contribution in [0.1, 0.15) is 103 Å². The zero-order valence-electron chi connectivity index (χ0n) is 11.8. The highest BCUT2D eigenvalue weighted by Crippen LogP contribution is 1.93. The summed E-state index contributed by atoms with van der Waals surface area (Å²) in [6, 6.07) is 0. The van der Waals surface area contributed by atoms with Gasteiger partial charge in [-0.05, 0) is 26.7 Å². The van der Waals surface area contributed by atoms with Crippen LogP contribution in [-0.4, -0.2) is 0 Å². The molecule has 0 heterocycles. The highest BCUT2D eigenvalue weighted by Gasteiger charge is 1.73. The Morgan fingerprint density at radius 3 is 1.21 bits per heavy atom. The summed E-state index contributed by atoms with van der Waals surface area (Å²) in [6.45, 7) is 12.5. The van der Waals surface area contributed by atoms with Crippen LogP contribution in [0.25, 0.3) is 0 Å². The SMILES string of the molecule is C.C.C.C.CC.CC=CCCC.CC=CCCCC. The van der Waals surface area contributed by atoms with Gasteiger partial charge in [0.15, 0.2) is 0 Å². The van der Waals surface area contributed by atoms with Gasteiger partial charge in [0.05, 0.1) is 0 Å². The molecule has 0 aromatic rings. The van der Waals surface area contributed by atoms with E-state index in [9.17, 15) is 0 Å². The Bertz CT molecular complexity index is 109. The van der Waals surface area contributed by atoms with Gasteiger partial charge in [-0.2, -0.15) is 0 Å². The van der Waals surface area contributed by atoms with E-state index in [0.717, 1.165) is 0 Å². The summed E-state index contributed by atoms with van der Waals surface area (Å²) in [4.78, 5) is 0. The Balaban J connectivity index is -0.0000000226. The fourth-order valence-electron chi connectivity index (χ4n) is 0.822. The van der Waals surface area contributed by atoms with Crippen molar-refractivity contribution in [2.75, 3.05) is 0 Å². The van der Waals surface area contributed by atoms with Crippen LogP contribution in [0.15, 0.2) is 24.3 Å². The van der Waals surface area contributed by atoms with Crippen molar-refractivity contribution in [3.63, 3.8) is 0 Å². The van der Waals surface area contributed by atoms with Gasteiger partial charge in [0, 0.05) is 0 Å². The molecule has 124 valence electrons. The first kappa shape index (κ1) is 42.8. The zero-order chi connectivity index (χ0) is 12.4. The van der Waals surface area contributed by atoms with Gasteiger partial charge in [-0.3, -0.25) is 0 Å². The van der Waals surface area contributed by atoms with Crippen molar-refractivity contribution in [2.24, 2.45) is 0 Å². The summed E-state index contributed by atoms with van der Waals surface area (Å²) >= 11 is 0. The molecular formula is C19H48.